The van der Waals surface area contributed by atoms with Gasteiger partial charge in [0.05, 0.1) is 0 Å². The van der Waals surface area contributed by atoms with Crippen LogP contribution in [0.15, 0.2) is 0 Å². The highest BCUT2D eigenvalue weighted by molar-refractivity contribution is 5.83. The summed E-state index contributed by atoms with van der Waals surface area (Å²) in [6.45, 7) is 7.55. The van der Waals surface area contributed by atoms with E-state index in [1.165, 1.54) is 13.8 Å². The van der Waals surface area contributed by atoms with E-state index in [1.807, 2.05) is 0 Å². The van der Waals surface area contributed by atoms with Crippen molar-refractivity contribution in [2.75, 3.05) is 0 Å². The SMILES string of the molecule is CC(=O)O[C@@H]1CC[C@]2(C)C3CC[C@@]4(C)C(CC[C@@H]4OC(C)=O)[C@@H]3CC(=O)[C@H]2C1. The molecule has 0 aromatic rings. The molecule has 0 aromatic heterocycles. The molecule has 4 fully saturated rings. The van der Waals surface area contributed by atoms with Crippen LogP contribution < -0.4 is 0 Å². The molecule has 4 aliphatic rings. The molecule has 0 heterocycles. The summed E-state index contributed by atoms with van der Waals surface area (Å²) in [7, 11) is 0. The summed E-state index contributed by atoms with van der Waals surface area (Å²) in [4.78, 5) is 36.2. The van der Waals surface area contributed by atoms with Crippen LogP contribution in [0.2, 0.25) is 0 Å². The van der Waals surface area contributed by atoms with Gasteiger partial charge in [-0.3, -0.25) is 14.4 Å². The van der Waals surface area contributed by atoms with Crippen molar-refractivity contribution >= 4 is 17.7 Å². The molecule has 28 heavy (non-hydrogen) atoms. The third-order valence-corrected chi connectivity index (χ3v) is 8.96. The van der Waals surface area contributed by atoms with Gasteiger partial charge in [0, 0.05) is 31.6 Å². The van der Waals surface area contributed by atoms with Gasteiger partial charge in [0.2, 0.25) is 0 Å². The van der Waals surface area contributed by atoms with Crippen LogP contribution in [0.25, 0.3) is 0 Å². The maximum Gasteiger partial charge on any atom is 0.302 e. The van der Waals surface area contributed by atoms with E-state index in [0.717, 1.165) is 38.5 Å². The van der Waals surface area contributed by atoms with Gasteiger partial charge in [0.1, 0.15) is 18.0 Å². The fraction of sp³-hybridized carbons (Fsp3) is 0.870. The molecule has 156 valence electrons. The van der Waals surface area contributed by atoms with Crippen LogP contribution in [0.1, 0.15) is 79.1 Å². The molecular weight excluding hydrogens is 356 g/mol. The monoisotopic (exact) mass is 390 g/mol. The second kappa shape index (κ2) is 6.84. The molecule has 5 heteroatoms. The molecule has 0 amide bonds. The molecule has 0 radical (unpaired) electrons. The molecule has 4 rings (SSSR count). The fourth-order valence-electron chi connectivity index (χ4n) is 7.69. The molecule has 4 aliphatic carbocycles. The molecule has 4 saturated carbocycles. The third kappa shape index (κ3) is 3.00. The minimum Gasteiger partial charge on any atom is -0.463 e. The lowest BCUT2D eigenvalue weighted by Gasteiger charge is -2.59. The second-order valence-electron chi connectivity index (χ2n) is 10.3. The summed E-state index contributed by atoms with van der Waals surface area (Å²) < 4.78 is 11.2. The van der Waals surface area contributed by atoms with Gasteiger partial charge in [0.25, 0.3) is 0 Å². The average molecular weight is 391 g/mol. The molecule has 0 N–H and O–H groups in total. The Morgan fingerprint density at radius 1 is 0.893 bits per heavy atom. The lowest BCUT2D eigenvalue weighted by atomic mass is 9.45. The van der Waals surface area contributed by atoms with Gasteiger partial charge in [-0.25, -0.2) is 0 Å². The van der Waals surface area contributed by atoms with Crippen molar-refractivity contribution in [3.05, 3.63) is 0 Å². The Morgan fingerprint density at radius 3 is 2.21 bits per heavy atom. The van der Waals surface area contributed by atoms with Gasteiger partial charge >= 0.3 is 11.9 Å². The van der Waals surface area contributed by atoms with E-state index in [-0.39, 0.29) is 40.9 Å². The number of carbonyl (C=O) groups excluding carboxylic acids is 3. The van der Waals surface area contributed by atoms with Crippen molar-refractivity contribution in [1.29, 1.82) is 0 Å². The van der Waals surface area contributed by atoms with E-state index in [4.69, 9.17) is 9.47 Å². The Morgan fingerprint density at radius 2 is 1.54 bits per heavy atom. The summed E-state index contributed by atoms with van der Waals surface area (Å²) in [5.74, 6) is 1.35. The first-order valence-corrected chi connectivity index (χ1v) is 11.0. The Balaban J connectivity index is 1.56. The number of ketones is 1. The Kier molecular flexibility index (Phi) is 4.86. The first-order valence-electron chi connectivity index (χ1n) is 11.0. The van der Waals surface area contributed by atoms with E-state index in [9.17, 15) is 14.4 Å². The predicted octanol–water partition coefficient (Wildman–Crippen LogP) is 4.07. The smallest absolute Gasteiger partial charge is 0.302 e. The molecule has 8 atom stereocenters. The average Bonchev–Trinajstić information content (AvgIpc) is 2.92. The molecule has 0 aromatic carbocycles. The highest BCUT2D eigenvalue weighted by atomic mass is 16.5. The Labute approximate surface area is 167 Å². The largest absolute Gasteiger partial charge is 0.463 e. The second-order valence-corrected chi connectivity index (χ2v) is 10.3. The zero-order chi connectivity index (χ0) is 20.3. The number of Topliss-reactive ketones (excluding diaryl/α,β-unsaturated/α-hetero) is 1. The maximum absolute atomic E-state index is 13.2. The van der Waals surface area contributed by atoms with Crippen LogP contribution in [0.4, 0.5) is 0 Å². The number of fused-ring (bicyclic) bond motifs is 5. The molecule has 0 bridgehead atoms. The Hall–Kier alpha value is -1.39. The van der Waals surface area contributed by atoms with Gasteiger partial charge in [0.15, 0.2) is 0 Å². The number of carbonyl (C=O) groups is 3. The van der Waals surface area contributed by atoms with Crippen LogP contribution in [-0.4, -0.2) is 29.9 Å². The van der Waals surface area contributed by atoms with Crippen LogP contribution >= 0.6 is 0 Å². The minimum atomic E-state index is -0.245. The highest BCUT2D eigenvalue weighted by Crippen LogP contribution is 2.66. The van der Waals surface area contributed by atoms with Crippen molar-refractivity contribution in [2.45, 2.75) is 91.3 Å². The summed E-state index contributed by atoms with van der Waals surface area (Å²) in [6, 6.07) is 0. The zero-order valence-electron chi connectivity index (χ0n) is 17.7. The van der Waals surface area contributed by atoms with Crippen LogP contribution in [-0.2, 0) is 23.9 Å². The van der Waals surface area contributed by atoms with Crippen molar-refractivity contribution in [3.63, 3.8) is 0 Å². The summed E-state index contributed by atoms with van der Waals surface area (Å²) in [5.41, 5.74) is 0.0166. The van der Waals surface area contributed by atoms with E-state index in [0.29, 0.717) is 36.4 Å². The van der Waals surface area contributed by atoms with E-state index in [1.54, 1.807) is 0 Å². The lowest BCUT2D eigenvalue weighted by molar-refractivity contribution is -0.174. The van der Waals surface area contributed by atoms with Gasteiger partial charge < -0.3 is 9.47 Å². The van der Waals surface area contributed by atoms with Crippen LogP contribution in [0, 0.1) is 34.5 Å². The Bertz CT molecular complexity index is 686. The van der Waals surface area contributed by atoms with Crippen molar-refractivity contribution < 1.29 is 23.9 Å². The summed E-state index contributed by atoms with van der Waals surface area (Å²) >= 11 is 0. The van der Waals surface area contributed by atoms with Gasteiger partial charge in [-0.05, 0) is 68.1 Å². The molecule has 0 saturated heterocycles. The number of rotatable bonds is 2. The predicted molar refractivity (Wildman–Crippen MR) is 103 cm³/mol. The highest BCUT2D eigenvalue weighted by Gasteiger charge is 2.63. The summed E-state index contributed by atoms with van der Waals surface area (Å²) in [5, 5.41) is 0. The number of hydrogen-bond acceptors (Lipinski definition) is 5. The molecule has 2 unspecified atom stereocenters. The van der Waals surface area contributed by atoms with E-state index in [2.05, 4.69) is 13.8 Å². The van der Waals surface area contributed by atoms with Crippen molar-refractivity contribution in [3.8, 4) is 0 Å². The van der Waals surface area contributed by atoms with E-state index >= 15 is 0 Å². The first-order chi connectivity index (χ1) is 13.1. The molecule has 0 spiro atoms. The van der Waals surface area contributed by atoms with Crippen molar-refractivity contribution in [1.82, 2.24) is 0 Å². The third-order valence-electron chi connectivity index (χ3n) is 8.96. The fourth-order valence-corrected chi connectivity index (χ4v) is 7.69. The van der Waals surface area contributed by atoms with E-state index < -0.39 is 0 Å². The molecule has 5 nitrogen and oxygen atoms in total. The molecule has 0 aliphatic heterocycles. The van der Waals surface area contributed by atoms with Crippen molar-refractivity contribution in [2.24, 2.45) is 34.5 Å². The number of ether oxygens (including phenoxy) is 2. The van der Waals surface area contributed by atoms with Gasteiger partial charge in [-0.2, -0.15) is 0 Å². The lowest BCUT2D eigenvalue weighted by Crippen LogP contribution is -2.57. The zero-order valence-corrected chi connectivity index (χ0v) is 17.7. The normalized spacial score (nSPS) is 47.5. The quantitative estimate of drug-likeness (QED) is 0.665. The standard InChI is InChI=1S/C23H34O5/c1-13(24)27-15-7-9-22(3)18-8-10-23(4)17(5-6-21(23)28-14(2)25)16(18)12-20(26)19(22)11-15/h15-19,21H,5-12H2,1-4H3/t15-,16+,17?,18?,19-,21+,22-,23+/m1/s1. The molecular formula is C23H34O5. The summed E-state index contributed by atoms with van der Waals surface area (Å²) in [6.07, 6.45) is 7.20. The number of esters is 2. The minimum absolute atomic E-state index is 0.00344. The van der Waals surface area contributed by atoms with Crippen LogP contribution in [0.5, 0.6) is 0 Å². The first kappa shape index (κ1) is 19.9. The van der Waals surface area contributed by atoms with Crippen LogP contribution in [0.3, 0.4) is 0 Å². The van der Waals surface area contributed by atoms with Gasteiger partial charge in [-0.15, -0.1) is 0 Å². The topological polar surface area (TPSA) is 69.7 Å². The van der Waals surface area contributed by atoms with Gasteiger partial charge in [-0.1, -0.05) is 13.8 Å². The number of hydrogen-bond donors (Lipinski definition) is 0. The maximum atomic E-state index is 13.2.